The van der Waals surface area contributed by atoms with Gasteiger partial charge in [0.1, 0.15) is 35.4 Å². The number of nitrogens with one attached hydrogen (secondary N) is 1. The second kappa shape index (κ2) is 13.9. The number of fused-ring (bicyclic) bond motifs is 1. The lowest BCUT2D eigenvalue weighted by molar-refractivity contribution is -0.217. The van der Waals surface area contributed by atoms with Crippen LogP contribution in [0.2, 0.25) is 0 Å². The number of amides is 1. The van der Waals surface area contributed by atoms with E-state index in [0.29, 0.717) is 16.7 Å². The maximum absolute atomic E-state index is 12.8. The van der Waals surface area contributed by atoms with Crippen LogP contribution < -0.4 is 5.32 Å². The number of phenols is 2. The Balaban J connectivity index is 1.73. The molecule has 0 aromatic heterocycles. The van der Waals surface area contributed by atoms with Crippen molar-refractivity contribution >= 4 is 11.9 Å². The zero-order valence-electron chi connectivity index (χ0n) is 25.7. The van der Waals surface area contributed by atoms with E-state index in [9.17, 15) is 40.2 Å². The normalized spacial score (nSPS) is 26.8. The van der Waals surface area contributed by atoms with E-state index in [1.54, 1.807) is 34.6 Å². The molecule has 0 aliphatic carbocycles. The van der Waals surface area contributed by atoms with Crippen LogP contribution in [-0.2, 0) is 25.4 Å². The van der Waals surface area contributed by atoms with E-state index >= 15 is 0 Å². The third-order valence-electron chi connectivity index (χ3n) is 9.10. The molecule has 9 atom stereocenters. The van der Waals surface area contributed by atoms with Crippen molar-refractivity contribution in [2.75, 3.05) is 13.7 Å². The van der Waals surface area contributed by atoms with Crippen LogP contribution in [0.5, 0.6) is 11.5 Å². The summed E-state index contributed by atoms with van der Waals surface area (Å²) in [5.41, 5.74) is 0.784. The minimum atomic E-state index is -1.53. The molecule has 1 aromatic carbocycles. The first-order valence-electron chi connectivity index (χ1n) is 14.6. The number of aliphatic hydroxyl groups excluding tert-OH is 4. The molecule has 1 aromatic rings. The molecule has 1 saturated heterocycles. The van der Waals surface area contributed by atoms with E-state index in [1.165, 1.54) is 7.11 Å². The maximum atomic E-state index is 12.8. The molecule has 0 bridgehead atoms. The van der Waals surface area contributed by atoms with E-state index in [-0.39, 0.29) is 42.7 Å². The van der Waals surface area contributed by atoms with Crippen LogP contribution in [0.25, 0.3) is 0 Å². The second-order valence-corrected chi connectivity index (χ2v) is 12.7. The highest BCUT2D eigenvalue weighted by molar-refractivity contribution is 5.96. The van der Waals surface area contributed by atoms with Gasteiger partial charge in [0.05, 0.1) is 18.3 Å². The van der Waals surface area contributed by atoms with Crippen molar-refractivity contribution in [2.45, 2.75) is 103 Å². The summed E-state index contributed by atoms with van der Waals surface area (Å²) in [6.07, 6.45) is -6.27. The van der Waals surface area contributed by atoms with Gasteiger partial charge in [-0.25, -0.2) is 4.79 Å². The van der Waals surface area contributed by atoms with Gasteiger partial charge in [0.2, 0.25) is 0 Å². The number of allylic oxidation sites excluding steroid dienone is 1. The average Bonchev–Trinajstić information content (AvgIpc) is 2.94. The number of esters is 1. The summed E-state index contributed by atoms with van der Waals surface area (Å²) in [7, 11) is 1.35. The molecule has 2 aliphatic heterocycles. The third kappa shape index (κ3) is 7.50. The predicted octanol–water partition coefficient (Wildman–Crippen LogP) is 1.44. The fourth-order valence-electron chi connectivity index (χ4n) is 5.91. The SMILES string of the molecule is C=C(C)CC(CO)C(O)C(=O)NC(OC)C1CC(O)C(C)(C)C(CC(O)C(C)C2Cc3c(C)c(O)cc(O)c3C(=O)O2)O1. The lowest BCUT2D eigenvalue weighted by atomic mass is 9.73. The summed E-state index contributed by atoms with van der Waals surface area (Å²) < 4.78 is 17.4. The van der Waals surface area contributed by atoms with E-state index < -0.39 is 78.6 Å². The second-order valence-electron chi connectivity index (χ2n) is 12.7. The number of carbonyl (C=O) groups is 2. The Kier molecular flexibility index (Phi) is 11.2. The first-order valence-corrected chi connectivity index (χ1v) is 14.6. The standard InChI is InChI=1S/C31H47NO11/c1-14(2)8-17(13-33)27(38)28(39)32-29(41-7)23-12-24(37)31(5,6)25(42-23)11-20(35)16(4)22-9-18-15(3)19(34)10-21(36)26(18)30(40)43-22/h10,16-17,20,22-25,27,29,33-38H,1,8-9,11-13H2,2-7H3,(H,32,39). The van der Waals surface area contributed by atoms with Crippen LogP contribution in [0.4, 0.5) is 0 Å². The molecular formula is C31H47NO11. The molecule has 12 heteroatoms. The highest BCUT2D eigenvalue weighted by Crippen LogP contribution is 2.42. The number of hydrogen-bond donors (Lipinski definition) is 7. The largest absolute Gasteiger partial charge is 0.508 e. The highest BCUT2D eigenvalue weighted by Gasteiger charge is 2.48. The topological polar surface area (TPSA) is 195 Å². The first-order chi connectivity index (χ1) is 20.0. The van der Waals surface area contributed by atoms with Crippen LogP contribution in [0.1, 0.15) is 68.4 Å². The Morgan fingerprint density at radius 2 is 1.88 bits per heavy atom. The van der Waals surface area contributed by atoms with Crippen molar-refractivity contribution in [3.8, 4) is 11.5 Å². The van der Waals surface area contributed by atoms with Gasteiger partial charge < -0.3 is 50.2 Å². The van der Waals surface area contributed by atoms with E-state index in [2.05, 4.69) is 11.9 Å². The van der Waals surface area contributed by atoms with Gasteiger partial charge in [-0.05, 0) is 31.4 Å². The Morgan fingerprint density at radius 1 is 1.23 bits per heavy atom. The van der Waals surface area contributed by atoms with Gasteiger partial charge in [0.15, 0.2) is 6.23 Å². The summed E-state index contributed by atoms with van der Waals surface area (Å²) in [4.78, 5) is 25.6. The van der Waals surface area contributed by atoms with Crippen LogP contribution in [0.3, 0.4) is 0 Å². The molecule has 43 heavy (non-hydrogen) atoms. The molecule has 0 spiro atoms. The zero-order chi connectivity index (χ0) is 32.4. The van der Waals surface area contributed by atoms with Crippen LogP contribution in [-0.4, -0.2) is 99.1 Å². The van der Waals surface area contributed by atoms with Gasteiger partial charge in [0.25, 0.3) is 5.91 Å². The molecule has 9 unspecified atom stereocenters. The van der Waals surface area contributed by atoms with E-state index in [1.807, 2.05) is 0 Å². The van der Waals surface area contributed by atoms with Gasteiger partial charge in [-0.15, -0.1) is 6.58 Å². The van der Waals surface area contributed by atoms with Crippen LogP contribution in [0, 0.1) is 24.2 Å². The quantitative estimate of drug-likeness (QED) is 0.103. The number of phenolic OH excluding ortho intramolecular Hbond substituents is 2. The van der Waals surface area contributed by atoms with Gasteiger partial charge in [0, 0.05) is 56.3 Å². The van der Waals surface area contributed by atoms with E-state index in [0.717, 1.165) is 6.07 Å². The summed E-state index contributed by atoms with van der Waals surface area (Å²) in [6.45, 7) is 12.0. The van der Waals surface area contributed by atoms with Gasteiger partial charge in [-0.1, -0.05) is 26.3 Å². The zero-order valence-corrected chi connectivity index (χ0v) is 25.7. The minimum absolute atomic E-state index is 0.00124. The molecule has 12 nitrogen and oxygen atoms in total. The molecule has 0 saturated carbocycles. The minimum Gasteiger partial charge on any atom is -0.508 e. The molecule has 1 fully saturated rings. The molecule has 0 radical (unpaired) electrons. The van der Waals surface area contributed by atoms with Gasteiger partial charge in [-0.3, -0.25) is 4.79 Å². The number of rotatable bonds is 12. The van der Waals surface area contributed by atoms with Crippen LogP contribution in [0.15, 0.2) is 18.2 Å². The monoisotopic (exact) mass is 609 g/mol. The summed E-state index contributed by atoms with van der Waals surface area (Å²) in [6, 6.07) is 1.10. The maximum Gasteiger partial charge on any atom is 0.342 e. The highest BCUT2D eigenvalue weighted by atomic mass is 16.6. The molecule has 1 amide bonds. The summed E-state index contributed by atoms with van der Waals surface area (Å²) >= 11 is 0. The lowest BCUT2D eigenvalue weighted by Crippen LogP contribution is -2.59. The first kappa shape index (κ1) is 34.7. The van der Waals surface area contributed by atoms with Crippen molar-refractivity contribution in [3.05, 3.63) is 34.9 Å². The number of carbonyl (C=O) groups excluding carboxylic acids is 2. The average molecular weight is 610 g/mol. The van der Waals surface area contributed by atoms with Crippen molar-refractivity contribution < 1.29 is 54.4 Å². The summed E-state index contributed by atoms with van der Waals surface area (Å²) in [5.74, 6) is -3.38. The molecule has 242 valence electrons. The number of ether oxygens (including phenoxy) is 3. The van der Waals surface area contributed by atoms with E-state index in [4.69, 9.17) is 14.2 Å². The molecule has 2 aliphatic rings. The number of aromatic hydroxyl groups is 2. The lowest BCUT2D eigenvalue weighted by Gasteiger charge is -2.48. The van der Waals surface area contributed by atoms with Crippen molar-refractivity contribution in [2.24, 2.45) is 17.3 Å². The third-order valence-corrected chi connectivity index (χ3v) is 9.10. The molecular weight excluding hydrogens is 562 g/mol. The number of hydrogen-bond acceptors (Lipinski definition) is 11. The van der Waals surface area contributed by atoms with Crippen molar-refractivity contribution in [3.63, 3.8) is 0 Å². The summed E-state index contributed by atoms with van der Waals surface area (Å²) in [5, 5.41) is 65.5. The number of methoxy groups -OCH3 is 1. The molecule has 2 heterocycles. The fraction of sp³-hybridized carbons (Fsp3) is 0.677. The van der Waals surface area contributed by atoms with Crippen molar-refractivity contribution in [1.29, 1.82) is 0 Å². The predicted molar refractivity (Wildman–Crippen MR) is 155 cm³/mol. The Labute approximate surface area is 252 Å². The van der Waals surface area contributed by atoms with Gasteiger partial charge in [-0.2, -0.15) is 0 Å². The van der Waals surface area contributed by atoms with Gasteiger partial charge >= 0.3 is 5.97 Å². The molecule has 7 N–H and O–H groups in total. The Morgan fingerprint density at radius 3 is 2.47 bits per heavy atom. The van der Waals surface area contributed by atoms with Crippen molar-refractivity contribution in [1.82, 2.24) is 5.32 Å². The number of benzene rings is 1. The number of aliphatic hydroxyl groups is 4. The Hall–Kier alpha value is -2.74. The molecule has 3 rings (SSSR count). The smallest absolute Gasteiger partial charge is 0.342 e. The number of cyclic esters (lactones) is 1. The van der Waals surface area contributed by atoms with Crippen LogP contribution >= 0.6 is 0 Å². The fourth-order valence-corrected chi connectivity index (χ4v) is 5.91. The Bertz CT molecular complexity index is 1180.